The van der Waals surface area contributed by atoms with Gasteiger partial charge < -0.3 is 10.2 Å². The third-order valence-electron chi connectivity index (χ3n) is 12.0. The lowest BCUT2D eigenvalue weighted by molar-refractivity contribution is -0.130. The van der Waals surface area contributed by atoms with Gasteiger partial charge in [0.05, 0.1) is 12.2 Å². The molecule has 4 saturated carbocycles. The molecule has 13 atom stereocenters. The molecule has 0 radical (unpaired) electrons. The smallest absolute Gasteiger partial charge is 0.0577 e. The quantitative estimate of drug-likeness (QED) is 0.609. The van der Waals surface area contributed by atoms with Crippen LogP contribution in [0.1, 0.15) is 78.6 Å². The van der Waals surface area contributed by atoms with E-state index in [-0.39, 0.29) is 17.6 Å². The minimum absolute atomic E-state index is 0.180. The first-order valence-electron chi connectivity index (χ1n) is 13.5. The molecule has 170 valence electrons. The first-order chi connectivity index (χ1) is 14.4. The van der Waals surface area contributed by atoms with Crippen LogP contribution < -0.4 is 0 Å². The summed E-state index contributed by atoms with van der Waals surface area (Å²) in [5.41, 5.74) is 0.261. The fourth-order valence-corrected chi connectivity index (χ4v) is 10.6. The summed E-state index contributed by atoms with van der Waals surface area (Å²) in [6.07, 6.45) is 10.7. The molecule has 0 bridgehead atoms. The van der Waals surface area contributed by atoms with E-state index in [1.165, 1.54) is 45.2 Å². The van der Waals surface area contributed by atoms with Crippen LogP contribution in [0, 0.1) is 58.7 Å². The fourth-order valence-electron chi connectivity index (χ4n) is 10.6. The molecule has 2 N–H and O–H groups in total. The van der Waals surface area contributed by atoms with Gasteiger partial charge in [0.1, 0.15) is 0 Å². The number of aliphatic hydroxyl groups excluding tert-OH is 2. The van der Waals surface area contributed by atoms with Gasteiger partial charge in [-0.15, -0.1) is 0 Å². The molecule has 6 rings (SSSR count). The van der Waals surface area contributed by atoms with Crippen LogP contribution in [0.2, 0.25) is 0 Å². The number of aliphatic hydroxyl groups is 2. The number of nitrogens with zero attached hydrogens (tertiary/aromatic N) is 1. The van der Waals surface area contributed by atoms with Gasteiger partial charge in [0.2, 0.25) is 0 Å². The number of rotatable bonds is 0. The monoisotopic (exact) mass is 415 g/mol. The molecular formula is C27H45NO2. The summed E-state index contributed by atoms with van der Waals surface area (Å²) in [4.78, 5) is 2.92. The molecule has 0 aromatic rings. The van der Waals surface area contributed by atoms with Gasteiger partial charge in [-0.2, -0.15) is 0 Å². The normalized spacial score (nSPS) is 60.7. The lowest BCUT2D eigenvalue weighted by Gasteiger charge is -2.56. The molecule has 2 heterocycles. The Bertz CT molecular complexity index is 665. The Morgan fingerprint density at radius 1 is 0.733 bits per heavy atom. The van der Waals surface area contributed by atoms with E-state index in [4.69, 9.17) is 0 Å². The Hall–Kier alpha value is -0.120. The summed E-state index contributed by atoms with van der Waals surface area (Å²) in [6.45, 7) is 10.3. The van der Waals surface area contributed by atoms with E-state index in [9.17, 15) is 10.2 Å². The van der Waals surface area contributed by atoms with Crippen LogP contribution in [0.25, 0.3) is 0 Å². The van der Waals surface area contributed by atoms with Gasteiger partial charge in [-0.1, -0.05) is 20.8 Å². The summed E-state index contributed by atoms with van der Waals surface area (Å²) in [6, 6.07) is 0.853. The standard InChI is InChI=1S/C27H45NO2/c1-15-4-7-25-16(2)18-5-6-19-20(22(18)14-28(25)13-15)11-23-21(19)12-26(30)24-10-17(29)8-9-27(23,24)3/h15-26,29-30H,4-14H2,1-3H3/t15-,16-,17+,18-,19-,20-,21-,22+,23+,24-,25+,26+,27-/m1/s1. The number of piperidine rings is 2. The van der Waals surface area contributed by atoms with E-state index in [2.05, 4.69) is 25.7 Å². The second-order valence-corrected chi connectivity index (χ2v) is 13.1. The number of fused-ring (bicyclic) bond motifs is 8. The topological polar surface area (TPSA) is 43.7 Å². The highest BCUT2D eigenvalue weighted by Gasteiger charge is 2.62. The van der Waals surface area contributed by atoms with Crippen molar-refractivity contribution in [3.63, 3.8) is 0 Å². The van der Waals surface area contributed by atoms with Crippen molar-refractivity contribution in [1.82, 2.24) is 4.90 Å². The van der Waals surface area contributed by atoms with Crippen molar-refractivity contribution in [3.8, 4) is 0 Å². The summed E-state index contributed by atoms with van der Waals surface area (Å²) in [5.74, 6) is 7.22. The lowest BCUT2D eigenvalue weighted by Crippen LogP contribution is -2.58. The van der Waals surface area contributed by atoms with Crippen molar-refractivity contribution in [2.24, 2.45) is 58.7 Å². The van der Waals surface area contributed by atoms with Crippen molar-refractivity contribution in [3.05, 3.63) is 0 Å². The molecule has 4 aliphatic carbocycles. The molecule has 0 amide bonds. The minimum atomic E-state index is -0.181. The molecule has 3 nitrogen and oxygen atoms in total. The molecule has 0 unspecified atom stereocenters. The van der Waals surface area contributed by atoms with E-state index >= 15 is 0 Å². The summed E-state index contributed by atoms with van der Waals surface area (Å²) in [5, 5.41) is 21.5. The highest BCUT2D eigenvalue weighted by molar-refractivity contribution is 5.12. The molecule has 2 saturated heterocycles. The van der Waals surface area contributed by atoms with Crippen molar-refractivity contribution in [1.29, 1.82) is 0 Å². The van der Waals surface area contributed by atoms with Gasteiger partial charge in [0.15, 0.2) is 0 Å². The zero-order valence-electron chi connectivity index (χ0n) is 19.5. The van der Waals surface area contributed by atoms with Crippen molar-refractivity contribution in [2.75, 3.05) is 13.1 Å². The second-order valence-electron chi connectivity index (χ2n) is 13.1. The van der Waals surface area contributed by atoms with Crippen molar-refractivity contribution < 1.29 is 10.2 Å². The predicted octanol–water partition coefficient (Wildman–Crippen LogP) is 4.56. The van der Waals surface area contributed by atoms with Gasteiger partial charge in [-0.3, -0.25) is 4.90 Å². The van der Waals surface area contributed by atoms with E-state index in [1.807, 2.05) is 0 Å². The molecule has 2 aliphatic heterocycles. The average molecular weight is 416 g/mol. The largest absolute Gasteiger partial charge is 0.393 e. The molecule has 6 fully saturated rings. The number of hydrogen-bond acceptors (Lipinski definition) is 3. The Balaban J connectivity index is 1.28. The molecular weight excluding hydrogens is 370 g/mol. The van der Waals surface area contributed by atoms with Crippen LogP contribution in [0.15, 0.2) is 0 Å². The first kappa shape index (κ1) is 20.5. The Morgan fingerprint density at radius 3 is 2.37 bits per heavy atom. The van der Waals surface area contributed by atoms with E-state index < -0.39 is 0 Å². The van der Waals surface area contributed by atoms with Crippen LogP contribution >= 0.6 is 0 Å². The van der Waals surface area contributed by atoms with Gasteiger partial charge >= 0.3 is 0 Å². The van der Waals surface area contributed by atoms with Gasteiger partial charge in [-0.05, 0) is 116 Å². The van der Waals surface area contributed by atoms with Gasteiger partial charge in [0, 0.05) is 19.1 Å². The summed E-state index contributed by atoms with van der Waals surface area (Å²) < 4.78 is 0. The average Bonchev–Trinajstić information content (AvgIpc) is 3.09. The third kappa shape index (κ3) is 2.86. The summed E-state index contributed by atoms with van der Waals surface area (Å²) in [7, 11) is 0. The fraction of sp³-hybridized carbons (Fsp3) is 1.00. The summed E-state index contributed by atoms with van der Waals surface area (Å²) >= 11 is 0. The Labute approximate surface area is 184 Å². The maximum absolute atomic E-state index is 11.2. The highest BCUT2D eigenvalue weighted by atomic mass is 16.3. The van der Waals surface area contributed by atoms with E-state index in [0.717, 1.165) is 79.1 Å². The molecule has 3 heteroatoms. The van der Waals surface area contributed by atoms with Gasteiger partial charge in [-0.25, -0.2) is 0 Å². The molecule has 6 aliphatic rings. The lowest BCUT2D eigenvalue weighted by atomic mass is 9.51. The maximum atomic E-state index is 11.2. The Kier molecular flexibility index (Phi) is 4.91. The third-order valence-corrected chi connectivity index (χ3v) is 12.0. The van der Waals surface area contributed by atoms with Crippen molar-refractivity contribution in [2.45, 2.75) is 96.8 Å². The van der Waals surface area contributed by atoms with Crippen LogP contribution in [0.4, 0.5) is 0 Å². The van der Waals surface area contributed by atoms with Gasteiger partial charge in [0.25, 0.3) is 0 Å². The first-order valence-corrected chi connectivity index (χ1v) is 13.5. The van der Waals surface area contributed by atoms with Crippen LogP contribution in [-0.2, 0) is 0 Å². The second kappa shape index (κ2) is 7.19. The van der Waals surface area contributed by atoms with Crippen LogP contribution in [0.3, 0.4) is 0 Å². The molecule has 0 aromatic heterocycles. The zero-order chi connectivity index (χ0) is 20.8. The SMILES string of the molecule is C[C@@H]1CC[C@H]2[C@H](C)[C@H]3CC[C@@H]4[C@@H](C[C@H]5[C@@H]4C[C@H](O)[C@H]4C[C@@H](O)CC[C@@]45C)[C@H]3CN2C1. The number of hydrogen-bond donors (Lipinski definition) is 2. The Morgan fingerprint density at radius 2 is 1.53 bits per heavy atom. The molecule has 0 spiro atoms. The predicted molar refractivity (Wildman–Crippen MR) is 120 cm³/mol. The van der Waals surface area contributed by atoms with Crippen molar-refractivity contribution >= 4 is 0 Å². The van der Waals surface area contributed by atoms with Crippen LogP contribution in [-0.4, -0.2) is 46.5 Å². The molecule has 30 heavy (non-hydrogen) atoms. The minimum Gasteiger partial charge on any atom is -0.393 e. The highest BCUT2D eigenvalue weighted by Crippen LogP contribution is 2.67. The van der Waals surface area contributed by atoms with E-state index in [0.29, 0.717) is 5.92 Å². The zero-order valence-corrected chi connectivity index (χ0v) is 19.5. The van der Waals surface area contributed by atoms with E-state index in [1.54, 1.807) is 0 Å². The van der Waals surface area contributed by atoms with Crippen LogP contribution in [0.5, 0.6) is 0 Å². The maximum Gasteiger partial charge on any atom is 0.0577 e. The molecule has 0 aromatic carbocycles.